The molecule has 1 fully saturated rings. The lowest BCUT2D eigenvalue weighted by molar-refractivity contribution is -0.884. The summed E-state index contributed by atoms with van der Waals surface area (Å²) in [5.74, 6) is -1.24. The summed E-state index contributed by atoms with van der Waals surface area (Å²) in [7, 11) is 5.77. The number of amides is 1. The Bertz CT molecular complexity index is 296. The second-order valence-corrected chi connectivity index (χ2v) is 5.30. The molecule has 0 unspecified atom stereocenters. The topological polar surface area (TPSA) is 60.4 Å². The maximum absolute atomic E-state index is 12.1. The second-order valence-electron chi connectivity index (χ2n) is 5.30. The van der Waals surface area contributed by atoms with Crippen molar-refractivity contribution >= 4 is 11.9 Å². The molecule has 0 N–H and O–H groups in total. The molecule has 0 aromatic heterocycles. The molecule has 1 amide bonds. The van der Waals surface area contributed by atoms with Crippen LogP contribution in [-0.2, 0) is 9.59 Å². The summed E-state index contributed by atoms with van der Waals surface area (Å²) >= 11 is 0. The Kier molecular flexibility index (Phi) is 3.57. The van der Waals surface area contributed by atoms with E-state index in [0.717, 1.165) is 6.42 Å². The van der Waals surface area contributed by atoms with Crippen molar-refractivity contribution in [2.45, 2.75) is 31.8 Å². The largest absolute Gasteiger partial charge is 0.548 e. The Morgan fingerprint density at radius 3 is 2.38 bits per heavy atom. The van der Waals surface area contributed by atoms with Crippen LogP contribution in [0.1, 0.15) is 19.8 Å². The Morgan fingerprint density at radius 1 is 1.38 bits per heavy atom. The van der Waals surface area contributed by atoms with Crippen molar-refractivity contribution < 1.29 is 19.2 Å². The van der Waals surface area contributed by atoms with E-state index >= 15 is 0 Å². The van der Waals surface area contributed by atoms with E-state index in [2.05, 4.69) is 0 Å². The molecule has 2 atom stereocenters. The number of aliphatic carboxylic acids is 1. The van der Waals surface area contributed by atoms with E-state index in [0.29, 0.717) is 17.4 Å². The molecule has 16 heavy (non-hydrogen) atoms. The number of likely N-dealkylation sites (tertiary alicyclic amines) is 1. The Labute approximate surface area is 96.2 Å². The lowest BCUT2D eigenvalue weighted by atomic mass is 10.2. The van der Waals surface area contributed by atoms with Gasteiger partial charge in [-0.15, -0.1) is 0 Å². The van der Waals surface area contributed by atoms with Crippen molar-refractivity contribution in [2.24, 2.45) is 0 Å². The third kappa shape index (κ3) is 2.52. The molecular weight excluding hydrogens is 208 g/mol. The highest BCUT2D eigenvalue weighted by molar-refractivity contribution is 5.86. The van der Waals surface area contributed by atoms with E-state index < -0.39 is 12.0 Å². The summed E-state index contributed by atoms with van der Waals surface area (Å²) < 4.78 is 0.495. The summed E-state index contributed by atoms with van der Waals surface area (Å²) in [6, 6.07) is -0.971. The lowest BCUT2D eigenvalue weighted by Crippen LogP contribution is -2.56. The summed E-state index contributed by atoms with van der Waals surface area (Å²) in [5.41, 5.74) is 0. The molecule has 1 heterocycles. The first-order valence-corrected chi connectivity index (χ1v) is 5.57. The number of carboxylic acid groups (broad SMARTS) is 1. The van der Waals surface area contributed by atoms with Gasteiger partial charge in [0.1, 0.15) is 0 Å². The Hall–Kier alpha value is -1.10. The molecule has 0 radical (unpaired) electrons. The average molecular weight is 228 g/mol. The number of hydrogen-bond acceptors (Lipinski definition) is 3. The van der Waals surface area contributed by atoms with Gasteiger partial charge in [0.2, 0.25) is 0 Å². The van der Waals surface area contributed by atoms with Gasteiger partial charge in [-0.3, -0.25) is 4.79 Å². The van der Waals surface area contributed by atoms with E-state index in [1.807, 2.05) is 28.1 Å². The molecule has 1 aliphatic rings. The van der Waals surface area contributed by atoms with Crippen molar-refractivity contribution in [3.8, 4) is 0 Å². The normalized spacial score (nSPS) is 23.2. The predicted octanol–water partition coefficient (Wildman–Crippen LogP) is -1.18. The van der Waals surface area contributed by atoms with Gasteiger partial charge in [-0.1, -0.05) is 0 Å². The van der Waals surface area contributed by atoms with Gasteiger partial charge in [-0.25, -0.2) is 0 Å². The third-order valence-corrected chi connectivity index (χ3v) is 3.33. The standard InChI is InChI=1S/C11H20N2O3/c1-8(13(2,3)4)10(14)12-7-5-6-9(12)11(15)16/h8-9H,5-7H2,1-4H3/t8-,9-/m0/s1. The molecule has 1 aliphatic heterocycles. The molecule has 0 aromatic carbocycles. The van der Waals surface area contributed by atoms with Gasteiger partial charge in [0.05, 0.1) is 33.2 Å². The number of carbonyl (C=O) groups is 2. The van der Waals surface area contributed by atoms with Crippen LogP contribution in [0.15, 0.2) is 0 Å². The molecule has 1 saturated heterocycles. The summed E-state index contributed by atoms with van der Waals surface area (Å²) in [6.45, 7) is 2.36. The molecule has 0 bridgehead atoms. The van der Waals surface area contributed by atoms with Crippen LogP contribution in [0, 0.1) is 0 Å². The van der Waals surface area contributed by atoms with Gasteiger partial charge in [0.25, 0.3) is 5.91 Å². The first-order chi connectivity index (χ1) is 7.25. The second kappa shape index (κ2) is 4.41. The van der Waals surface area contributed by atoms with Crippen LogP contribution in [0.3, 0.4) is 0 Å². The fraction of sp³-hybridized carbons (Fsp3) is 0.818. The van der Waals surface area contributed by atoms with Crippen molar-refractivity contribution in [1.29, 1.82) is 0 Å². The minimum Gasteiger partial charge on any atom is -0.548 e. The first kappa shape index (κ1) is 13.0. The zero-order valence-corrected chi connectivity index (χ0v) is 10.4. The van der Waals surface area contributed by atoms with Crippen LogP contribution in [0.25, 0.3) is 0 Å². The quantitative estimate of drug-likeness (QED) is 0.571. The molecule has 1 rings (SSSR count). The van der Waals surface area contributed by atoms with Crippen molar-refractivity contribution in [2.75, 3.05) is 27.7 Å². The van der Waals surface area contributed by atoms with E-state index in [-0.39, 0.29) is 11.9 Å². The van der Waals surface area contributed by atoms with Crippen molar-refractivity contribution in [3.63, 3.8) is 0 Å². The highest BCUT2D eigenvalue weighted by atomic mass is 16.4. The summed E-state index contributed by atoms with van der Waals surface area (Å²) in [5, 5.41) is 10.9. The number of carbonyl (C=O) groups excluding carboxylic acids is 2. The van der Waals surface area contributed by atoms with E-state index in [4.69, 9.17) is 0 Å². The molecule has 92 valence electrons. The molecule has 5 nitrogen and oxygen atoms in total. The van der Waals surface area contributed by atoms with Crippen LogP contribution in [0.4, 0.5) is 0 Å². The fourth-order valence-corrected chi connectivity index (χ4v) is 1.85. The minimum atomic E-state index is -1.14. The van der Waals surface area contributed by atoms with Gasteiger partial charge in [-0.2, -0.15) is 0 Å². The monoisotopic (exact) mass is 228 g/mol. The van der Waals surface area contributed by atoms with Gasteiger partial charge in [0, 0.05) is 6.54 Å². The fourth-order valence-electron chi connectivity index (χ4n) is 1.85. The third-order valence-electron chi connectivity index (χ3n) is 3.33. The van der Waals surface area contributed by atoms with Gasteiger partial charge >= 0.3 is 0 Å². The molecule has 0 saturated carbocycles. The molecule has 0 aliphatic carbocycles. The van der Waals surface area contributed by atoms with E-state index in [1.54, 1.807) is 0 Å². The zero-order valence-electron chi connectivity index (χ0n) is 10.4. The first-order valence-electron chi connectivity index (χ1n) is 5.57. The van der Waals surface area contributed by atoms with Crippen LogP contribution < -0.4 is 5.11 Å². The zero-order chi connectivity index (χ0) is 12.5. The predicted molar refractivity (Wildman–Crippen MR) is 57.2 cm³/mol. The number of carboxylic acids is 1. The number of likely N-dealkylation sites (N-methyl/N-ethyl adjacent to an activating group) is 1. The number of nitrogens with zero attached hydrogens (tertiary/aromatic N) is 2. The van der Waals surface area contributed by atoms with E-state index in [1.165, 1.54) is 4.90 Å². The summed E-state index contributed by atoms with van der Waals surface area (Å²) in [4.78, 5) is 24.5. The minimum absolute atomic E-state index is 0.0980. The smallest absolute Gasteiger partial charge is 0.281 e. The maximum Gasteiger partial charge on any atom is 0.281 e. The van der Waals surface area contributed by atoms with E-state index in [9.17, 15) is 14.7 Å². The summed E-state index contributed by atoms with van der Waals surface area (Å²) in [6.07, 6.45) is 1.26. The maximum atomic E-state index is 12.1. The van der Waals surface area contributed by atoms with Crippen LogP contribution in [-0.4, -0.2) is 61.0 Å². The SMILES string of the molecule is C[C@@H](C(=O)N1CCC[C@H]1C(=O)[O-])[N+](C)(C)C. The Morgan fingerprint density at radius 2 is 1.94 bits per heavy atom. The molecule has 0 spiro atoms. The van der Waals surface area contributed by atoms with Crippen LogP contribution >= 0.6 is 0 Å². The lowest BCUT2D eigenvalue weighted by Gasteiger charge is -2.35. The van der Waals surface area contributed by atoms with Crippen LogP contribution in [0.2, 0.25) is 0 Å². The average Bonchev–Trinajstić information content (AvgIpc) is 2.62. The highest BCUT2D eigenvalue weighted by Crippen LogP contribution is 2.19. The molecule has 0 aromatic rings. The molecule has 5 heteroatoms. The van der Waals surface area contributed by atoms with Gasteiger partial charge < -0.3 is 19.3 Å². The number of rotatable bonds is 3. The Balaban J connectivity index is 2.77. The van der Waals surface area contributed by atoms with Gasteiger partial charge in [0.15, 0.2) is 6.04 Å². The van der Waals surface area contributed by atoms with Crippen molar-refractivity contribution in [3.05, 3.63) is 0 Å². The van der Waals surface area contributed by atoms with Gasteiger partial charge in [-0.05, 0) is 19.8 Å². The van der Waals surface area contributed by atoms with Crippen LogP contribution in [0.5, 0.6) is 0 Å². The number of hydrogen-bond donors (Lipinski definition) is 0. The van der Waals surface area contributed by atoms with Crippen molar-refractivity contribution in [1.82, 2.24) is 4.90 Å². The highest BCUT2D eigenvalue weighted by Gasteiger charge is 2.37. The molecular formula is C11H20N2O3. The number of quaternary nitrogens is 1.